The number of hydrogen-bond donors (Lipinski definition) is 0. The maximum absolute atomic E-state index is 14.3. The Morgan fingerprint density at radius 2 is 1.80 bits per heavy atom. The molecular weight excluding hydrogens is 565 g/mol. The normalized spacial score (nSPS) is 15.7. The molecule has 206 valence electrons. The molecule has 5 rings (SSSR count). The number of benzene rings is 3. The monoisotopic (exact) mass is 586 g/mol. The number of allylic oxidation sites excluding steroid dienone is 1. The van der Waals surface area contributed by atoms with Gasteiger partial charge in [-0.25, -0.2) is 9.79 Å². The Kier molecular flexibility index (Phi) is 7.57. The van der Waals surface area contributed by atoms with Crippen LogP contribution in [0.3, 0.4) is 0 Å². The molecule has 0 saturated carbocycles. The number of thiazole rings is 1. The summed E-state index contributed by atoms with van der Waals surface area (Å²) in [4.78, 5) is 30.5. The van der Waals surface area contributed by atoms with Crippen LogP contribution in [-0.2, 0) is 9.53 Å². The first-order chi connectivity index (χ1) is 19.1. The van der Waals surface area contributed by atoms with Crippen LogP contribution in [0.4, 0.5) is 13.2 Å². The van der Waals surface area contributed by atoms with Crippen molar-refractivity contribution >= 4 is 45.8 Å². The molecular formula is C29H22ClF3N2O4S. The molecule has 0 spiro atoms. The summed E-state index contributed by atoms with van der Waals surface area (Å²) in [5, 5.41) is 2.04. The molecule has 40 heavy (non-hydrogen) atoms. The standard InChI is InChI=1S/C29H22ClF3N2O4S/c1-3-38-21-14-11-16-7-5-6-8-19(16)20(21)15-22-26(36)35-24(17-9-12-18(30)13-10-17)23(27(37)39-4-2)25(29(31,32)33)34-28(35)40-22/h5-15,24H,3-4H2,1-2H3/b22-15-/t24-/m1/s1. The number of nitrogens with zero attached hydrogens (tertiary/aromatic N) is 2. The number of rotatable bonds is 6. The summed E-state index contributed by atoms with van der Waals surface area (Å²) in [5.41, 5.74) is -1.93. The lowest BCUT2D eigenvalue weighted by Gasteiger charge is -2.26. The number of alkyl halides is 3. The van der Waals surface area contributed by atoms with Crippen molar-refractivity contribution in [2.24, 2.45) is 4.99 Å². The summed E-state index contributed by atoms with van der Waals surface area (Å²) in [6.45, 7) is 3.52. The molecule has 1 aliphatic heterocycles. The highest BCUT2D eigenvalue weighted by Gasteiger charge is 2.45. The van der Waals surface area contributed by atoms with Crippen LogP contribution >= 0.6 is 22.9 Å². The quantitative estimate of drug-likeness (QED) is 0.278. The molecule has 0 radical (unpaired) electrons. The minimum absolute atomic E-state index is 0.127. The summed E-state index contributed by atoms with van der Waals surface area (Å²) < 4.78 is 55.0. The first kappa shape index (κ1) is 27.7. The van der Waals surface area contributed by atoms with Gasteiger partial charge < -0.3 is 9.47 Å². The van der Waals surface area contributed by atoms with Gasteiger partial charge in [0.1, 0.15) is 5.75 Å². The number of fused-ring (bicyclic) bond motifs is 2. The predicted octanol–water partition coefficient (Wildman–Crippen LogP) is 5.55. The average molecular weight is 587 g/mol. The molecule has 0 amide bonds. The minimum atomic E-state index is -4.99. The van der Waals surface area contributed by atoms with Gasteiger partial charge in [0.2, 0.25) is 0 Å². The molecule has 11 heteroatoms. The second kappa shape index (κ2) is 10.9. The highest BCUT2D eigenvalue weighted by Crippen LogP contribution is 2.38. The molecule has 0 saturated heterocycles. The van der Waals surface area contributed by atoms with Gasteiger partial charge in [0.15, 0.2) is 10.5 Å². The fourth-order valence-electron chi connectivity index (χ4n) is 4.64. The smallest absolute Gasteiger partial charge is 0.434 e. The van der Waals surface area contributed by atoms with Crippen LogP contribution in [-0.4, -0.2) is 29.9 Å². The summed E-state index contributed by atoms with van der Waals surface area (Å²) >= 11 is 6.83. The zero-order chi connectivity index (χ0) is 28.6. The van der Waals surface area contributed by atoms with Crippen LogP contribution < -0.4 is 19.6 Å². The molecule has 0 fully saturated rings. The summed E-state index contributed by atoms with van der Waals surface area (Å²) in [5.74, 6) is -0.690. The maximum atomic E-state index is 14.3. The van der Waals surface area contributed by atoms with Crippen molar-refractivity contribution in [1.29, 1.82) is 0 Å². The first-order valence-corrected chi connectivity index (χ1v) is 13.5. The van der Waals surface area contributed by atoms with Gasteiger partial charge in [-0.15, -0.1) is 0 Å². The Morgan fingerprint density at radius 3 is 2.48 bits per heavy atom. The second-order valence-corrected chi connectivity index (χ2v) is 10.2. The summed E-state index contributed by atoms with van der Waals surface area (Å²) in [6, 6.07) is 15.6. The molecule has 0 unspecified atom stereocenters. The number of ether oxygens (including phenoxy) is 2. The van der Waals surface area contributed by atoms with E-state index >= 15 is 0 Å². The van der Waals surface area contributed by atoms with Gasteiger partial charge >= 0.3 is 12.1 Å². The van der Waals surface area contributed by atoms with Gasteiger partial charge in [0, 0.05) is 10.6 Å². The highest BCUT2D eigenvalue weighted by atomic mass is 35.5. The number of hydrogen-bond acceptors (Lipinski definition) is 6. The number of carbonyl (C=O) groups excluding carboxylic acids is 1. The number of esters is 1. The van der Waals surface area contributed by atoms with E-state index in [1.54, 1.807) is 12.1 Å². The van der Waals surface area contributed by atoms with E-state index in [9.17, 15) is 22.8 Å². The van der Waals surface area contributed by atoms with E-state index in [4.69, 9.17) is 21.1 Å². The molecule has 0 aliphatic carbocycles. The van der Waals surface area contributed by atoms with Gasteiger partial charge in [-0.05, 0) is 54.5 Å². The van der Waals surface area contributed by atoms with Crippen molar-refractivity contribution in [1.82, 2.24) is 4.57 Å². The molecule has 1 aromatic heterocycles. The van der Waals surface area contributed by atoms with Crippen LogP contribution in [0.15, 0.2) is 81.7 Å². The Balaban J connectivity index is 1.84. The van der Waals surface area contributed by atoms with Gasteiger partial charge in [-0.3, -0.25) is 9.36 Å². The SMILES string of the molecule is CCOC(=O)C1=C(C(F)(F)F)N=c2s/c(=C\c3c(OCC)ccc4ccccc34)c(=O)n2[C@@H]1c1ccc(Cl)cc1. The molecule has 3 aromatic carbocycles. The molecule has 0 N–H and O–H groups in total. The van der Waals surface area contributed by atoms with E-state index in [2.05, 4.69) is 4.99 Å². The fraction of sp³-hybridized carbons (Fsp3) is 0.207. The number of halogens is 4. The van der Waals surface area contributed by atoms with E-state index in [-0.39, 0.29) is 21.5 Å². The third kappa shape index (κ3) is 5.04. The van der Waals surface area contributed by atoms with Crippen LogP contribution in [0.5, 0.6) is 5.75 Å². The van der Waals surface area contributed by atoms with Crippen molar-refractivity contribution in [2.45, 2.75) is 26.1 Å². The zero-order valence-electron chi connectivity index (χ0n) is 21.3. The van der Waals surface area contributed by atoms with E-state index in [0.717, 1.165) is 26.7 Å². The van der Waals surface area contributed by atoms with E-state index < -0.39 is 35.0 Å². The van der Waals surface area contributed by atoms with Crippen LogP contribution in [0.25, 0.3) is 16.8 Å². The lowest BCUT2D eigenvalue weighted by molar-refractivity contribution is -0.140. The lowest BCUT2D eigenvalue weighted by Crippen LogP contribution is -2.41. The van der Waals surface area contributed by atoms with Gasteiger partial charge in [-0.1, -0.05) is 65.4 Å². The molecule has 6 nitrogen and oxygen atoms in total. The van der Waals surface area contributed by atoms with Gasteiger partial charge in [-0.2, -0.15) is 13.2 Å². The fourth-order valence-corrected chi connectivity index (χ4v) is 5.75. The van der Waals surface area contributed by atoms with Crippen molar-refractivity contribution in [3.63, 3.8) is 0 Å². The lowest BCUT2D eigenvalue weighted by atomic mass is 9.95. The molecule has 4 aromatic rings. The maximum Gasteiger partial charge on any atom is 0.434 e. The van der Waals surface area contributed by atoms with E-state index in [0.29, 0.717) is 22.9 Å². The topological polar surface area (TPSA) is 69.9 Å². The largest absolute Gasteiger partial charge is 0.493 e. The Hall–Kier alpha value is -3.89. The Bertz CT molecular complexity index is 1830. The second-order valence-electron chi connectivity index (χ2n) is 8.75. The Labute approximate surface area is 235 Å². The average Bonchev–Trinajstić information content (AvgIpc) is 3.24. The summed E-state index contributed by atoms with van der Waals surface area (Å²) in [6.07, 6.45) is -3.39. The van der Waals surface area contributed by atoms with Crippen molar-refractivity contribution < 1.29 is 27.4 Å². The summed E-state index contributed by atoms with van der Waals surface area (Å²) in [7, 11) is 0. The molecule has 0 bridgehead atoms. The first-order valence-electron chi connectivity index (χ1n) is 12.3. The third-order valence-corrected chi connectivity index (χ3v) is 7.52. The van der Waals surface area contributed by atoms with E-state index in [1.165, 1.54) is 31.2 Å². The van der Waals surface area contributed by atoms with Crippen LogP contribution in [0, 0.1) is 0 Å². The molecule has 2 heterocycles. The van der Waals surface area contributed by atoms with E-state index in [1.807, 2.05) is 37.3 Å². The third-order valence-electron chi connectivity index (χ3n) is 6.29. The number of carbonyl (C=O) groups is 1. The van der Waals surface area contributed by atoms with Crippen LogP contribution in [0.2, 0.25) is 5.02 Å². The van der Waals surface area contributed by atoms with Crippen molar-refractivity contribution in [3.8, 4) is 5.75 Å². The van der Waals surface area contributed by atoms with Crippen LogP contribution in [0.1, 0.15) is 31.0 Å². The van der Waals surface area contributed by atoms with Gasteiger partial charge in [0.25, 0.3) is 5.56 Å². The Morgan fingerprint density at radius 1 is 1.07 bits per heavy atom. The minimum Gasteiger partial charge on any atom is -0.493 e. The highest BCUT2D eigenvalue weighted by molar-refractivity contribution is 7.07. The van der Waals surface area contributed by atoms with Crippen molar-refractivity contribution in [3.05, 3.63) is 108 Å². The number of aromatic nitrogens is 1. The zero-order valence-corrected chi connectivity index (χ0v) is 22.9. The molecule has 1 atom stereocenters. The van der Waals surface area contributed by atoms with Crippen molar-refractivity contribution in [2.75, 3.05) is 13.2 Å². The molecule has 1 aliphatic rings. The predicted molar refractivity (Wildman–Crippen MR) is 147 cm³/mol. The van der Waals surface area contributed by atoms with Gasteiger partial charge in [0.05, 0.1) is 29.4 Å².